The van der Waals surface area contributed by atoms with E-state index in [0.29, 0.717) is 0 Å². The van der Waals surface area contributed by atoms with Crippen molar-refractivity contribution < 1.29 is 758 Å². The molecule has 0 radical (unpaired) electrons. The van der Waals surface area contributed by atoms with E-state index in [4.69, 9.17) is 0 Å². The van der Waals surface area contributed by atoms with E-state index in [1.807, 2.05) is 0 Å². The maximum Gasteiger partial charge on any atom is 0 e. The van der Waals surface area contributed by atoms with Gasteiger partial charge in [0.1, 0.15) is 0 Å². The minimum Gasteiger partial charge on any atom is 0 e. The molecule has 0 amide bonds. The normalized spacial score (nSPS) is 0. The van der Waals surface area contributed by atoms with Crippen LogP contribution in [0.3, 0.4) is 0 Å². The summed E-state index contributed by atoms with van der Waals surface area (Å²) in [6, 6.07) is 0. The van der Waals surface area contributed by atoms with Crippen molar-refractivity contribution in [1.29, 1.82) is 0 Å². The molecular formula is W36. The van der Waals surface area contributed by atoms with Gasteiger partial charge >= 0.3 is 0 Å². The summed E-state index contributed by atoms with van der Waals surface area (Å²) in [6.45, 7) is 0. The van der Waals surface area contributed by atoms with Gasteiger partial charge in [-0.1, -0.05) is 0 Å². The molecule has 0 rings (SSSR count). The quantitative estimate of drug-likeness (QED) is 0.319. The molecule has 0 fully saturated rings. The average Bonchev–Trinajstić information content (AvgIpc) is 0. The largest absolute Gasteiger partial charge is 0 e. The Morgan fingerprint density at radius 1 is 0.0278 bits per heavy atom. The minimum atomic E-state index is 0. The van der Waals surface area contributed by atoms with E-state index in [0.717, 1.165) is 0 Å². The molecule has 0 saturated carbocycles. The van der Waals surface area contributed by atoms with Crippen LogP contribution in [0.25, 0.3) is 0 Å². The summed E-state index contributed by atoms with van der Waals surface area (Å²) in [5.41, 5.74) is 0. The fraction of sp³-hybridized carbons (Fsp3) is 0. The Hall–Kier alpha value is 24.8. The van der Waals surface area contributed by atoms with Gasteiger partial charge in [0, 0.05) is 758 Å². The van der Waals surface area contributed by atoms with Crippen molar-refractivity contribution in [3.05, 3.63) is 0 Å². The van der Waals surface area contributed by atoms with Gasteiger partial charge in [-0.2, -0.15) is 0 Å². The van der Waals surface area contributed by atoms with Gasteiger partial charge < -0.3 is 0 Å². The van der Waals surface area contributed by atoms with Crippen LogP contribution in [0.1, 0.15) is 0 Å². The van der Waals surface area contributed by atoms with Crippen LogP contribution in [0.2, 0.25) is 0 Å². The van der Waals surface area contributed by atoms with E-state index in [-0.39, 0.29) is 758 Å². The van der Waals surface area contributed by atoms with Gasteiger partial charge in [0.2, 0.25) is 0 Å². The summed E-state index contributed by atoms with van der Waals surface area (Å²) < 4.78 is 0. The summed E-state index contributed by atoms with van der Waals surface area (Å²) in [7, 11) is 0. The average molecular weight is 6620 g/mol. The molecule has 0 aliphatic heterocycles. The smallest absolute Gasteiger partial charge is 0 e. The maximum atomic E-state index is 0. The Kier molecular flexibility index (Phi) is 3310. The van der Waals surface area contributed by atoms with Crippen molar-refractivity contribution in [2.75, 3.05) is 0 Å². The molecule has 0 aromatic rings. The Labute approximate surface area is 735 Å². The van der Waals surface area contributed by atoms with E-state index in [2.05, 4.69) is 0 Å². The minimum absolute atomic E-state index is 0. The molecule has 0 bridgehead atoms. The third-order valence-electron chi connectivity index (χ3n) is 0. The summed E-state index contributed by atoms with van der Waals surface area (Å²) in [6.07, 6.45) is 0. The predicted molar refractivity (Wildman–Crippen MR) is 0 cm³/mol. The second-order valence-corrected chi connectivity index (χ2v) is 0. The van der Waals surface area contributed by atoms with Gasteiger partial charge in [0.15, 0.2) is 0 Å². The fourth-order valence-corrected chi connectivity index (χ4v) is 0. The molecule has 0 aliphatic rings. The first-order chi connectivity index (χ1) is 0. The second kappa shape index (κ2) is 336. The van der Waals surface area contributed by atoms with Crippen molar-refractivity contribution in [3.8, 4) is 0 Å². The molecule has 216 valence electrons. The van der Waals surface area contributed by atoms with Crippen LogP contribution in [0.15, 0.2) is 0 Å². The molecule has 0 saturated heterocycles. The first-order valence-electron chi connectivity index (χ1n) is 0. The van der Waals surface area contributed by atoms with Crippen LogP contribution in [0.4, 0.5) is 0 Å². The third kappa shape index (κ3) is 320. The summed E-state index contributed by atoms with van der Waals surface area (Å²) in [5, 5.41) is 0. The molecule has 36 heteroatoms. The summed E-state index contributed by atoms with van der Waals surface area (Å²) in [5.74, 6) is 0. The SMILES string of the molecule is [W].[W].[W].[W].[W].[W].[W].[W].[W].[W].[W].[W].[W].[W].[W].[W].[W].[W].[W].[W].[W].[W].[W].[W].[W].[W].[W].[W].[W].[W].[W].[W].[W].[W].[W].[W]. The molecule has 0 nitrogen and oxygen atoms in total. The van der Waals surface area contributed by atoms with Crippen LogP contribution in [-0.2, 0) is 758 Å². The van der Waals surface area contributed by atoms with Crippen molar-refractivity contribution in [3.63, 3.8) is 0 Å². The van der Waals surface area contributed by atoms with Crippen molar-refractivity contribution >= 4 is 0 Å². The van der Waals surface area contributed by atoms with Crippen LogP contribution in [-0.4, -0.2) is 0 Å². The van der Waals surface area contributed by atoms with E-state index in [1.54, 1.807) is 0 Å². The van der Waals surface area contributed by atoms with Crippen molar-refractivity contribution in [2.24, 2.45) is 0 Å². The zero-order chi connectivity index (χ0) is 0. The van der Waals surface area contributed by atoms with Gasteiger partial charge in [0.05, 0.1) is 0 Å². The summed E-state index contributed by atoms with van der Waals surface area (Å²) in [4.78, 5) is 0. The van der Waals surface area contributed by atoms with Crippen molar-refractivity contribution in [1.82, 2.24) is 0 Å². The Morgan fingerprint density at radius 2 is 0.0278 bits per heavy atom. The Morgan fingerprint density at radius 3 is 0.0278 bits per heavy atom. The van der Waals surface area contributed by atoms with Gasteiger partial charge in [-0.15, -0.1) is 0 Å². The standard InChI is InChI=1S/36W. The molecule has 0 aromatic carbocycles. The van der Waals surface area contributed by atoms with Crippen LogP contribution in [0.5, 0.6) is 0 Å². The van der Waals surface area contributed by atoms with Crippen LogP contribution in [0, 0.1) is 0 Å². The summed E-state index contributed by atoms with van der Waals surface area (Å²) >= 11 is 0. The predicted octanol–water partition coefficient (Wildman–Crippen LogP) is -0.0900. The molecule has 0 heterocycles. The molecule has 0 aliphatic carbocycles. The number of hydrogen-bond acceptors (Lipinski definition) is 0. The molecule has 36 heavy (non-hydrogen) atoms. The van der Waals surface area contributed by atoms with Gasteiger partial charge in [-0.05, 0) is 0 Å². The number of rotatable bonds is 0. The van der Waals surface area contributed by atoms with Gasteiger partial charge in [-0.3, -0.25) is 0 Å². The monoisotopic (exact) mass is 6620 g/mol. The van der Waals surface area contributed by atoms with E-state index in [1.165, 1.54) is 0 Å². The Bertz CT molecular complexity index is 0. The van der Waals surface area contributed by atoms with Gasteiger partial charge in [0.25, 0.3) is 0 Å². The zero-order valence-electron chi connectivity index (χ0n) is 14.7. The molecule has 0 spiro atoms. The molecule has 0 atom stereocenters. The molecule has 0 aromatic heterocycles. The van der Waals surface area contributed by atoms with Gasteiger partial charge in [-0.25, -0.2) is 0 Å². The first-order valence-corrected chi connectivity index (χ1v) is 0. The van der Waals surface area contributed by atoms with E-state index >= 15 is 0 Å². The van der Waals surface area contributed by atoms with E-state index < -0.39 is 0 Å². The number of hydrogen-bond donors (Lipinski definition) is 0. The van der Waals surface area contributed by atoms with E-state index in [9.17, 15) is 0 Å². The van der Waals surface area contributed by atoms with Crippen molar-refractivity contribution in [2.45, 2.75) is 0 Å². The first kappa shape index (κ1) is 354. The Balaban J connectivity index is 0. The third-order valence-corrected chi connectivity index (χ3v) is 0. The topological polar surface area (TPSA) is 0 Å². The molecular weight excluding hydrogens is 6620 g/mol. The fourth-order valence-electron chi connectivity index (χ4n) is 0. The molecule has 0 unspecified atom stereocenters. The zero-order valence-corrected chi connectivity index (χ0v) is 120. The van der Waals surface area contributed by atoms with Crippen LogP contribution < -0.4 is 0 Å². The van der Waals surface area contributed by atoms with Crippen LogP contribution >= 0.6 is 0 Å². The second-order valence-electron chi connectivity index (χ2n) is 0. The molecule has 0 N–H and O–H groups in total. The maximum absolute atomic E-state index is 0.